The number of ether oxygens (including phenoxy) is 1. The van der Waals surface area contributed by atoms with Gasteiger partial charge in [0.15, 0.2) is 5.16 Å². The van der Waals surface area contributed by atoms with Crippen LogP contribution in [0.1, 0.15) is 28.5 Å². The first-order valence-corrected chi connectivity index (χ1v) is 11.5. The number of esters is 1. The van der Waals surface area contributed by atoms with Crippen LogP contribution < -0.4 is 0 Å². The third-order valence-corrected chi connectivity index (χ3v) is 6.16. The Morgan fingerprint density at radius 3 is 2.81 bits per heavy atom. The average Bonchev–Trinajstić information content (AvgIpc) is 3.10. The van der Waals surface area contributed by atoms with E-state index in [1.54, 1.807) is 31.3 Å². The second-order valence-corrected chi connectivity index (χ2v) is 8.61. The van der Waals surface area contributed by atoms with E-state index in [1.807, 2.05) is 34.9 Å². The smallest absolute Gasteiger partial charge is 0.338 e. The summed E-state index contributed by atoms with van der Waals surface area (Å²) in [5.74, 6) is -0.219. The average molecular weight is 500 g/mol. The number of nitrogens with zero attached hydrogens (tertiary/aromatic N) is 3. The molecule has 2 heterocycles. The lowest BCUT2D eigenvalue weighted by Crippen LogP contribution is -2.05. The molecule has 158 valence electrons. The lowest BCUT2D eigenvalue weighted by Gasteiger charge is -2.09. The minimum absolute atomic E-state index is 0.265. The van der Waals surface area contributed by atoms with Gasteiger partial charge in [0, 0.05) is 16.4 Å². The fraction of sp³-hybridized carbons (Fsp3) is 0.174. The number of carbonyl (C=O) groups is 1. The van der Waals surface area contributed by atoms with Crippen LogP contribution in [0.3, 0.4) is 0 Å². The van der Waals surface area contributed by atoms with Crippen molar-refractivity contribution in [2.75, 3.05) is 6.61 Å². The maximum atomic E-state index is 14.3. The summed E-state index contributed by atoms with van der Waals surface area (Å²) >= 11 is 4.73. The maximum absolute atomic E-state index is 14.3. The summed E-state index contributed by atoms with van der Waals surface area (Å²) in [6.45, 7) is 2.60. The van der Waals surface area contributed by atoms with Gasteiger partial charge in [0.1, 0.15) is 5.82 Å². The third kappa shape index (κ3) is 4.97. The Hall–Kier alpha value is -2.71. The van der Waals surface area contributed by atoms with Gasteiger partial charge < -0.3 is 9.30 Å². The summed E-state index contributed by atoms with van der Waals surface area (Å²) in [5, 5.41) is 0.726. The number of hydrogen-bond acceptors (Lipinski definition) is 5. The van der Waals surface area contributed by atoms with E-state index in [2.05, 4.69) is 20.9 Å². The predicted molar refractivity (Wildman–Crippen MR) is 123 cm³/mol. The van der Waals surface area contributed by atoms with Crippen LogP contribution >= 0.6 is 27.7 Å². The molecule has 2 aromatic heterocycles. The Morgan fingerprint density at radius 2 is 2.06 bits per heavy atom. The lowest BCUT2D eigenvalue weighted by atomic mass is 10.2. The first kappa shape index (κ1) is 21.5. The number of pyridine rings is 1. The zero-order valence-electron chi connectivity index (χ0n) is 16.7. The van der Waals surface area contributed by atoms with Gasteiger partial charge in [-0.05, 0) is 55.0 Å². The van der Waals surface area contributed by atoms with Crippen molar-refractivity contribution in [2.45, 2.75) is 24.4 Å². The standard InChI is InChI=1S/C23H19BrFN3O2S/c1-2-30-22(29)15-7-9-21-20(11-15)27-23(28(21)13-18-5-3-4-10-26-18)31-14-16-6-8-17(24)12-19(16)25/h3-12H,2,13-14H2,1H3. The molecule has 0 amide bonds. The van der Waals surface area contributed by atoms with Crippen LogP contribution in [0.15, 0.2) is 70.4 Å². The molecule has 0 saturated heterocycles. The summed E-state index contributed by atoms with van der Waals surface area (Å²) < 4.78 is 22.1. The van der Waals surface area contributed by atoms with Gasteiger partial charge in [0.2, 0.25) is 0 Å². The highest BCUT2D eigenvalue weighted by Crippen LogP contribution is 2.29. The SMILES string of the molecule is CCOC(=O)c1ccc2c(c1)nc(SCc1ccc(Br)cc1F)n2Cc1ccccn1. The van der Waals surface area contributed by atoms with E-state index >= 15 is 0 Å². The molecule has 0 N–H and O–H groups in total. The second-order valence-electron chi connectivity index (χ2n) is 6.75. The fourth-order valence-corrected chi connectivity index (χ4v) is 4.48. The summed E-state index contributed by atoms with van der Waals surface area (Å²) in [7, 11) is 0. The Morgan fingerprint density at radius 1 is 1.19 bits per heavy atom. The van der Waals surface area contributed by atoms with Crippen molar-refractivity contribution in [3.8, 4) is 0 Å². The van der Waals surface area contributed by atoms with Crippen LogP contribution in [0, 0.1) is 5.82 Å². The summed E-state index contributed by atoms with van der Waals surface area (Å²) in [4.78, 5) is 21.3. The number of carbonyl (C=O) groups excluding carboxylic acids is 1. The number of hydrogen-bond donors (Lipinski definition) is 0. The predicted octanol–water partition coefficient (Wildman–Crippen LogP) is 5.85. The van der Waals surface area contributed by atoms with E-state index in [-0.39, 0.29) is 11.8 Å². The van der Waals surface area contributed by atoms with Gasteiger partial charge in [-0.2, -0.15) is 0 Å². The molecule has 0 fully saturated rings. The minimum Gasteiger partial charge on any atom is -0.462 e. The van der Waals surface area contributed by atoms with Gasteiger partial charge in [-0.25, -0.2) is 14.2 Å². The molecule has 0 unspecified atom stereocenters. The number of halogens is 2. The highest BCUT2D eigenvalue weighted by molar-refractivity contribution is 9.10. The normalized spacial score (nSPS) is 11.1. The van der Waals surface area contributed by atoms with Crippen molar-refractivity contribution in [1.29, 1.82) is 0 Å². The first-order chi connectivity index (χ1) is 15.0. The highest BCUT2D eigenvalue weighted by atomic mass is 79.9. The minimum atomic E-state index is -0.380. The highest BCUT2D eigenvalue weighted by Gasteiger charge is 2.16. The van der Waals surface area contributed by atoms with Crippen LogP contribution in [0.25, 0.3) is 11.0 Å². The Kier molecular flexibility index (Phi) is 6.67. The molecule has 0 radical (unpaired) electrons. The van der Waals surface area contributed by atoms with E-state index < -0.39 is 0 Å². The van der Waals surface area contributed by atoms with Crippen LogP contribution in [0.4, 0.5) is 4.39 Å². The summed E-state index contributed by atoms with van der Waals surface area (Å²) in [5.41, 5.74) is 3.48. The molecular formula is C23H19BrFN3O2S. The van der Waals surface area contributed by atoms with E-state index in [4.69, 9.17) is 9.72 Å². The number of imidazole rings is 1. The van der Waals surface area contributed by atoms with Crippen molar-refractivity contribution in [3.05, 3.63) is 87.9 Å². The van der Waals surface area contributed by atoms with Crippen molar-refractivity contribution in [1.82, 2.24) is 14.5 Å². The van der Waals surface area contributed by atoms with Crippen molar-refractivity contribution >= 4 is 44.7 Å². The van der Waals surface area contributed by atoms with Crippen molar-refractivity contribution in [2.24, 2.45) is 0 Å². The van der Waals surface area contributed by atoms with Gasteiger partial charge in [0.05, 0.1) is 35.4 Å². The third-order valence-electron chi connectivity index (χ3n) is 4.64. The number of thioether (sulfide) groups is 1. The number of rotatable bonds is 7. The second kappa shape index (κ2) is 9.62. The first-order valence-electron chi connectivity index (χ1n) is 9.69. The van der Waals surface area contributed by atoms with Crippen LogP contribution in [0.2, 0.25) is 0 Å². The molecule has 4 aromatic rings. The Balaban J connectivity index is 1.70. The molecule has 4 rings (SSSR count). The van der Waals surface area contributed by atoms with Gasteiger partial charge in [-0.3, -0.25) is 4.98 Å². The molecule has 0 atom stereocenters. The maximum Gasteiger partial charge on any atom is 0.338 e. The van der Waals surface area contributed by atoms with Gasteiger partial charge in [0.25, 0.3) is 0 Å². The summed E-state index contributed by atoms with van der Waals surface area (Å²) in [6.07, 6.45) is 1.75. The van der Waals surface area contributed by atoms with E-state index in [0.717, 1.165) is 16.4 Å². The summed E-state index contributed by atoms with van der Waals surface area (Å²) in [6, 6.07) is 16.1. The molecular weight excluding hydrogens is 481 g/mol. The van der Waals surface area contributed by atoms with E-state index in [1.165, 1.54) is 17.8 Å². The van der Waals surface area contributed by atoms with Crippen molar-refractivity contribution < 1.29 is 13.9 Å². The molecule has 0 bridgehead atoms. The zero-order chi connectivity index (χ0) is 21.8. The van der Waals surface area contributed by atoms with Gasteiger partial charge >= 0.3 is 5.97 Å². The number of fused-ring (bicyclic) bond motifs is 1. The van der Waals surface area contributed by atoms with Crippen molar-refractivity contribution in [3.63, 3.8) is 0 Å². The molecule has 5 nitrogen and oxygen atoms in total. The molecule has 8 heteroatoms. The van der Waals surface area contributed by atoms with E-state index in [0.29, 0.717) is 40.0 Å². The van der Waals surface area contributed by atoms with Gasteiger partial charge in [-0.15, -0.1) is 0 Å². The molecule has 0 aliphatic carbocycles. The van der Waals surface area contributed by atoms with Crippen LogP contribution in [-0.2, 0) is 17.0 Å². The lowest BCUT2D eigenvalue weighted by molar-refractivity contribution is 0.0526. The number of benzene rings is 2. The quantitative estimate of drug-likeness (QED) is 0.235. The van der Waals surface area contributed by atoms with Crippen LogP contribution in [-0.4, -0.2) is 27.1 Å². The van der Waals surface area contributed by atoms with Gasteiger partial charge in [-0.1, -0.05) is 39.8 Å². The molecule has 0 aliphatic rings. The Bertz CT molecular complexity index is 1230. The topological polar surface area (TPSA) is 57.0 Å². The molecule has 2 aromatic carbocycles. The largest absolute Gasteiger partial charge is 0.462 e. The molecule has 0 saturated carbocycles. The fourth-order valence-electron chi connectivity index (χ4n) is 3.15. The monoisotopic (exact) mass is 499 g/mol. The molecule has 0 aliphatic heterocycles. The molecule has 31 heavy (non-hydrogen) atoms. The van der Waals surface area contributed by atoms with Crippen LogP contribution in [0.5, 0.6) is 0 Å². The Labute approximate surface area is 191 Å². The zero-order valence-corrected chi connectivity index (χ0v) is 19.1. The molecule has 0 spiro atoms. The van der Waals surface area contributed by atoms with E-state index in [9.17, 15) is 9.18 Å². The number of aromatic nitrogens is 3.